The van der Waals surface area contributed by atoms with Crippen molar-refractivity contribution in [3.05, 3.63) is 194 Å². The van der Waals surface area contributed by atoms with Gasteiger partial charge in [-0.3, -0.25) is 9.55 Å². The third-order valence-corrected chi connectivity index (χ3v) is 11.8. The number of benzene rings is 8. The number of rotatable bonds is 6. The first-order valence-corrected chi connectivity index (χ1v) is 20.6. The Hall–Kier alpha value is -7.07. The summed E-state index contributed by atoms with van der Waals surface area (Å²) in [5.74, 6) is 0.802. The summed E-state index contributed by atoms with van der Waals surface area (Å²) in [6.07, 6.45) is 1.82. The van der Waals surface area contributed by atoms with Gasteiger partial charge in [0.1, 0.15) is 22.7 Å². The van der Waals surface area contributed by atoms with Crippen molar-refractivity contribution in [2.24, 2.45) is 0 Å². The van der Waals surface area contributed by atoms with Crippen LogP contribution in [0.1, 0.15) is 26.3 Å². The van der Waals surface area contributed by atoms with E-state index in [1.54, 1.807) is 6.07 Å². The topological polar surface area (TPSA) is 64.1 Å². The van der Waals surface area contributed by atoms with Gasteiger partial charge in [0.15, 0.2) is 0 Å². The first kappa shape index (κ1) is 39.1. The number of furan rings is 1. The van der Waals surface area contributed by atoms with E-state index < -0.39 is 0 Å². The zero-order chi connectivity index (χ0) is 41.2. The third kappa shape index (κ3) is 6.61. The number of imidazole rings is 1. The van der Waals surface area contributed by atoms with Crippen LogP contribution in [0, 0.1) is 6.07 Å². The first-order valence-electron chi connectivity index (χ1n) is 20.6. The van der Waals surface area contributed by atoms with E-state index >= 15 is 0 Å². The average Bonchev–Trinajstić information content (AvgIpc) is 3.88. The number of phenols is 1. The van der Waals surface area contributed by atoms with Gasteiger partial charge in [-0.2, -0.15) is 0 Å². The Morgan fingerprint density at radius 3 is 2.10 bits per heavy atom. The Morgan fingerprint density at radius 1 is 0.597 bits per heavy atom. The van der Waals surface area contributed by atoms with Crippen LogP contribution in [0.3, 0.4) is 0 Å². The number of nitrogens with zero attached hydrogens (tertiary/aromatic N) is 3. The monoisotopic (exact) mass is 981 g/mol. The van der Waals surface area contributed by atoms with Crippen molar-refractivity contribution < 1.29 is 30.6 Å². The van der Waals surface area contributed by atoms with Crippen molar-refractivity contribution in [3.63, 3.8) is 0 Å². The SMILES string of the molecule is CC(C)(C)c1ccc(-n2c(-c3ccccc3O)nc3c(-c4[c-]c(-c5nccc6oc7c8ccccc8ccc7c56)cc(-c5ccccc5)c4)cccc32)c(-c2ccccc2)c1.[Pt]. The van der Waals surface area contributed by atoms with Crippen LogP contribution in [0.4, 0.5) is 0 Å². The summed E-state index contributed by atoms with van der Waals surface area (Å²) in [6.45, 7) is 6.72. The molecule has 0 radical (unpaired) electrons. The zero-order valence-corrected chi connectivity index (χ0v) is 36.6. The maximum absolute atomic E-state index is 11.4. The molecular weight excluding hydrogens is 942 g/mol. The predicted molar refractivity (Wildman–Crippen MR) is 250 cm³/mol. The predicted octanol–water partition coefficient (Wildman–Crippen LogP) is 14.6. The second kappa shape index (κ2) is 15.4. The molecule has 0 fully saturated rings. The standard InChI is InChI=1S/C56H40N3O2.Pt/c1-56(2,3)41-26-28-47(46(34-41)36-17-8-5-9-18-36)59-48-23-14-22-42(53(48)58-55(59)44-21-12-13-24-49(44)60)39-31-38(35-15-6-4-7-16-35)32-40(33-39)52-51-45-27-25-37-19-10-11-20-43(37)54(45)61-50(51)29-30-57-52;/h4-32,34,60H,1-3H3;/q-1;. The van der Waals surface area contributed by atoms with E-state index in [1.165, 1.54) is 5.56 Å². The van der Waals surface area contributed by atoms with E-state index in [0.29, 0.717) is 11.4 Å². The Morgan fingerprint density at radius 2 is 1.31 bits per heavy atom. The zero-order valence-electron chi connectivity index (χ0n) is 34.3. The number of fused-ring (bicyclic) bond motifs is 6. The van der Waals surface area contributed by atoms with Crippen LogP contribution in [-0.2, 0) is 26.5 Å². The molecule has 0 spiro atoms. The minimum atomic E-state index is -0.0696. The molecule has 0 saturated carbocycles. The normalized spacial score (nSPS) is 11.7. The number of hydrogen-bond acceptors (Lipinski definition) is 4. The molecule has 0 aliphatic carbocycles. The van der Waals surface area contributed by atoms with Crippen molar-refractivity contribution in [2.45, 2.75) is 26.2 Å². The van der Waals surface area contributed by atoms with Gasteiger partial charge < -0.3 is 9.52 Å². The second-order valence-electron chi connectivity index (χ2n) is 16.7. The van der Waals surface area contributed by atoms with Crippen LogP contribution >= 0.6 is 0 Å². The summed E-state index contributed by atoms with van der Waals surface area (Å²) in [4.78, 5) is 10.5. The van der Waals surface area contributed by atoms with Crippen LogP contribution < -0.4 is 0 Å². The van der Waals surface area contributed by atoms with E-state index in [2.05, 4.69) is 159 Å². The van der Waals surface area contributed by atoms with Crippen LogP contribution in [0.25, 0.3) is 105 Å². The molecule has 0 aliphatic heterocycles. The molecule has 3 heterocycles. The van der Waals surface area contributed by atoms with Crippen molar-refractivity contribution in [3.8, 4) is 67.5 Å². The molecule has 0 saturated heterocycles. The molecule has 0 unspecified atom stereocenters. The number of para-hydroxylation sites is 2. The quantitative estimate of drug-likeness (QED) is 0.169. The van der Waals surface area contributed by atoms with Crippen molar-refractivity contribution in [1.82, 2.24) is 14.5 Å². The van der Waals surface area contributed by atoms with Crippen LogP contribution in [0.5, 0.6) is 5.75 Å². The molecule has 11 rings (SSSR count). The van der Waals surface area contributed by atoms with Gasteiger partial charge in [0.25, 0.3) is 0 Å². The molecule has 11 aromatic rings. The van der Waals surface area contributed by atoms with Crippen LogP contribution in [0.2, 0.25) is 0 Å². The van der Waals surface area contributed by atoms with Gasteiger partial charge in [-0.25, -0.2) is 4.98 Å². The Kier molecular flexibility index (Phi) is 9.73. The summed E-state index contributed by atoms with van der Waals surface area (Å²) in [5, 5.41) is 15.6. The largest absolute Gasteiger partial charge is 0.507 e. The summed E-state index contributed by atoms with van der Waals surface area (Å²) in [5.41, 5.74) is 13.8. The Labute approximate surface area is 374 Å². The fraction of sp³-hybridized carbons (Fsp3) is 0.0714. The average molecular weight is 982 g/mol. The number of phenolic OH excluding ortho intramolecular Hbond substituents is 1. The number of aromatic nitrogens is 3. The van der Waals surface area contributed by atoms with Crippen LogP contribution in [0.15, 0.2) is 187 Å². The molecule has 5 nitrogen and oxygen atoms in total. The molecule has 0 aliphatic rings. The van der Waals surface area contributed by atoms with E-state index in [4.69, 9.17) is 14.4 Å². The number of pyridine rings is 1. The smallest absolute Gasteiger partial charge is 0.148 e. The van der Waals surface area contributed by atoms with Crippen molar-refractivity contribution in [2.75, 3.05) is 0 Å². The van der Waals surface area contributed by atoms with E-state index in [1.807, 2.05) is 48.7 Å². The molecule has 8 aromatic carbocycles. The Balaban J connectivity index is 0.00000458. The van der Waals surface area contributed by atoms with Crippen molar-refractivity contribution >= 4 is 43.7 Å². The summed E-state index contributed by atoms with van der Waals surface area (Å²) < 4.78 is 8.81. The molecule has 0 atom stereocenters. The van der Waals surface area contributed by atoms with Gasteiger partial charge in [0.05, 0.1) is 22.3 Å². The van der Waals surface area contributed by atoms with Gasteiger partial charge in [-0.1, -0.05) is 165 Å². The summed E-state index contributed by atoms with van der Waals surface area (Å²) >= 11 is 0. The van der Waals surface area contributed by atoms with E-state index in [0.717, 1.165) is 94.1 Å². The van der Waals surface area contributed by atoms with E-state index in [-0.39, 0.29) is 32.2 Å². The molecule has 0 amide bonds. The molecule has 302 valence electrons. The van der Waals surface area contributed by atoms with Gasteiger partial charge in [-0.05, 0) is 63.9 Å². The summed E-state index contributed by atoms with van der Waals surface area (Å²) in [6, 6.07) is 64.2. The minimum Gasteiger partial charge on any atom is -0.507 e. The number of aromatic hydroxyl groups is 1. The maximum Gasteiger partial charge on any atom is 0.148 e. The van der Waals surface area contributed by atoms with Crippen LogP contribution in [-0.4, -0.2) is 19.6 Å². The first-order chi connectivity index (χ1) is 29.8. The maximum atomic E-state index is 11.4. The molecule has 6 heteroatoms. The molecule has 3 aromatic heterocycles. The molecule has 0 bridgehead atoms. The fourth-order valence-electron chi connectivity index (χ4n) is 8.74. The van der Waals surface area contributed by atoms with Crippen molar-refractivity contribution in [1.29, 1.82) is 0 Å². The van der Waals surface area contributed by atoms with Gasteiger partial charge in [0.2, 0.25) is 0 Å². The molecular formula is C56H40N3O2Pt-. The van der Waals surface area contributed by atoms with Gasteiger partial charge >= 0.3 is 0 Å². The summed E-state index contributed by atoms with van der Waals surface area (Å²) in [7, 11) is 0. The van der Waals surface area contributed by atoms with Gasteiger partial charge in [-0.15, -0.1) is 23.8 Å². The molecule has 1 N–H and O–H groups in total. The fourth-order valence-corrected chi connectivity index (χ4v) is 8.74. The van der Waals surface area contributed by atoms with Gasteiger partial charge in [0, 0.05) is 54.7 Å². The number of hydrogen-bond donors (Lipinski definition) is 1. The van der Waals surface area contributed by atoms with E-state index in [9.17, 15) is 5.11 Å². The molecule has 62 heavy (non-hydrogen) atoms. The second-order valence-corrected chi connectivity index (χ2v) is 16.7. The minimum absolute atomic E-state index is 0. The third-order valence-electron chi connectivity index (χ3n) is 11.8. The Bertz CT molecular complexity index is 3470.